The van der Waals surface area contributed by atoms with Crippen LogP contribution in [0.3, 0.4) is 0 Å². The number of amides is 1. The number of halogens is 2. The van der Waals surface area contributed by atoms with Gasteiger partial charge in [-0.1, -0.05) is 35.9 Å². The second-order valence-electron chi connectivity index (χ2n) is 7.67. The molecule has 0 saturated carbocycles. The zero-order valence-electron chi connectivity index (χ0n) is 18.1. The molecular weight excluding hydrogens is 568 g/mol. The van der Waals surface area contributed by atoms with E-state index in [0.717, 1.165) is 16.3 Å². The molecule has 0 unspecified atom stereocenters. The van der Waals surface area contributed by atoms with Crippen LogP contribution in [0.25, 0.3) is 33.3 Å². The molecule has 0 bridgehead atoms. The van der Waals surface area contributed by atoms with E-state index in [9.17, 15) is 14.9 Å². The molecule has 11 heteroatoms. The molecule has 1 heterocycles. The largest absolute Gasteiger partial charge is 0.436 e. The monoisotopic (exact) mass is 580 g/mol. The maximum atomic E-state index is 12.6. The average molecular weight is 582 g/mol. The van der Waals surface area contributed by atoms with E-state index in [4.69, 9.17) is 28.2 Å². The smallest absolute Gasteiger partial charge is 0.270 e. The topological polar surface area (TPSA) is 110 Å². The van der Waals surface area contributed by atoms with Gasteiger partial charge in [-0.2, -0.15) is 0 Å². The third kappa shape index (κ3) is 4.66. The van der Waals surface area contributed by atoms with Crippen LogP contribution in [0.1, 0.15) is 10.4 Å². The third-order valence-electron chi connectivity index (χ3n) is 5.38. The summed E-state index contributed by atoms with van der Waals surface area (Å²) in [7, 11) is 0. The minimum atomic E-state index is -0.595. The Morgan fingerprint density at radius 2 is 1.83 bits per heavy atom. The van der Waals surface area contributed by atoms with Gasteiger partial charge in [0.15, 0.2) is 10.7 Å². The number of nitro groups is 1. The number of carbonyl (C=O) groups excluding carboxylic acids is 1. The van der Waals surface area contributed by atoms with Crippen molar-refractivity contribution in [1.29, 1.82) is 0 Å². The van der Waals surface area contributed by atoms with E-state index in [-0.39, 0.29) is 16.4 Å². The van der Waals surface area contributed by atoms with Crippen molar-refractivity contribution in [2.24, 2.45) is 0 Å². The quantitative estimate of drug-likeness (QED) is 0.132. The number of nitro benzene ring substituents is 1. The predicted molar refractivity (Wildman–Crippen MR) is 146 cm³/mol. The van der Waals surface area contributed by atoms with Gasteiger partial charge < -0.3 is 9.73 Å². The summed E-state index contributed by atoms with van der Waals surface area (Å²) in [5, 5.41) is 19.0. The molecule has 4 aromatic carbocycles. The third-order valence-corrected chi connectivity index (χ3v) is 6.60. The van der Waals surface area contributed by atoms with Crippen LogP contribution >= 0.6 is 39.7 Å². The normalized spacial score (nSPS) is 10.9. The Morgan fingerprint density at radius 1 is 1.06 bits per heavy atom. The van der Waals surface area contributed by atoms with Crippen LogP contribution < -0.4 is 10.6 Å². The Morgan fingerprint density at radius 3 is 2.64 bits per heavy atom. The molecule has 1 amide bonds. The molecule has 0 radical (unpaired) electrons. The molecular formula is C25H14BrClN4O4S. The van der Waals surface area contributed by atoms with Gasteiger partial charge in [-0.15, -0.1) is 0 Å². The maximum absolute atomic E-state index is 12.6. The standard InChI is InChI=1S/C25H14BrClN4O4S/c26-19-9-8-14(31(33)34)12-18(19)23(32)30-25(36)28-13-7-10-22-21(11-13)29-24(35-22)17-5-1-4-16-15(17)3-2-6-20(16)27/h1-12H,(H2,28,30,32,36). The number of nitrogens with one attached hydrogen (secondary N) is 2. The number of carbonyl (C=O) groups is 1. The zero-order chi connectivity index (χ0) is 25.4. The highest BCUT2D eigenvalue weighted by molar-refractivity contribution is 9.10. The van der Waals surface area contributed by atoms with E-state index in [1.165, 1.54) is 18.2 Å². The number of thiocarbonyl (C=S) groups is 1. The van der Waals surface area contributed by atoms with Crippen molar-refractivity contribution in [2.75, 3.05) is 5.32 Å². The first-order chi connectivity index (χ1) is 17.3. The van der Waals surface area contributed by atoms with E-state index < -0.39 is 10.8 Å². The van der Waals surface area contributed by atoms with Crippen LogP contribution in [-0.4, -0.2) is 20.9 Å². The molecule has 0 saturated heterocycles. The highest BCUT2D eigenvalue weighted by Gasteiger charge is 2.17. The molecule has 0 spiro atoms. The number of rotatable bonds is 4. The van der Waals surface area contributed by atoms with Crippen LogP contribution in [0.4, 0.5) is 11.4 Å². The first-order valence-corrected chi connectivity index (χ1v) is 12.0. The summed E-state index contributed by atoms with van der Waals surface area (Å²) in [5.41, 5.74) is 2.43. The van der Waals surface area contributed by atoms with E-state index in [1.807, 2.05) is 36.4 Å². The lowest BCUT2D eigenvalue weighted by Gasteiger charge is -2.10. The number of oxazole rings is 1. The molecule has 2 N–H and O–H groups in total. The molecule has 5 rings (SSSR count). The SMILES string of the molecule is O=C(NC(=S)Nc1ccc2oc(-c3cccc4c(Cl)cccc34)nc2c1)c1cc([N+](=O)[O-])ccc1Br. The lowest BCUT2D eigenvalue weighted by atomic mass is 10.0. The molecule has 178 valence electrons. The predicted octanol–water partition coefficient (Wildman–Crippen LogP) is 7.10. The molecule has 1 aromatic heterocycles. The lowest BCUT2D eigenvalue weighted by molar-refractivity contribution is -0.384. The van der Waals surface area contributed by atoms with Crippen molar-refractivity contribution in [2.45, 2.75) is 0 Å². The number of hydrogen-bond acceptors (Lipinski definition) is 6. The molecule has 36 heavy (non-hydrogen) atoms. The number of aromatic nitrogens is 1. The number of anilines is 1. The fourth-order valence-electron chi connectivity index (χ4n) is 3.71. The van der Waals surface area contributed by atoms with Gasteiger partial charge in [-0.05, 0) is 69.9 Å². The van der Waals surface area contributed by atoms with Crippen LogP contribution in [0.15, 0.2) is 81.7 Å². The van der Waals surface area contributed by atoms with E-state index in [0.29, 0.717) is 32.2 Å². The summed E-state index contributed by atoms with van der Waals surface area (Å²) in [6.07, 6.45) is 0. The first-order valence-electron chi connectivity index (χ1n) is 10.4. The summed E-state index contributed by atoms with van der Waals surface area (Å²) >= 11 is 14.8. The van der Waals surface area contributed by atoms with Crippen molar-refractivity contribution in [3.63, 3.8) is 0 Å². The maximum Gasteiger partial charge on any atom is 0.270 e. The van der Waals surface area contributed by atoms with Crippen molar-refractivity contribution in [3.05, 3.63) is 98.0 Å². The molecule has 0 atom stereocenters. The Kier molecular flexibility index (Phi) is 6.40. The summed E-state index contributed by atoms with van der Waals surface area (Å²) in [5.74, 6) is -0.149. The fourth-order valence-corrected chi connectivity index (χ4v) is 4.59. The molecule has 0 aliphatic rings. The minimum absolute atomic E-state index is 0.0187. The fraction of sp³-hybridized carbons (Fsp3) is 0. The summed E-state index contributed by atoms with van der Waals surface area (Å²) < 4.78 is 6.39. The highest BCUT2D eigenvalue weighted by Crippen LogP contribution is 2.34. The van der Waals surface area contributed by atoms with E-state index in [1.54, 1.807) is 18.2 Å². The summed E-state index contributed by atoms with van der Waals surface area (Å²) in [6.45, 7) is 0. The molecule has 0 aliphatic heterocycles. The van der Waals surface area contributed by atoms with Gasteiger partial charge in [-0.25, -0.2) is 4.98 Å². The second-order valence-corrected chi connectivity index (χ2v) is 9.34. The van der Waals surface area contributed by atoms with Gasteiger partial charge in [0.25, 0.3) is 11.6 Å². The van der Waals surface area contributed by atoms with E-state index >= 15 is 0 Å². The lowest BCUT2D eigenvalue weighted by Crippen LogP contribution is -2.34. The van der Waals surface area contributed by atoms with Crippen molar-refractivity contribution < 1.29 is 14.1 Å². The highest BCUT2D eigenvalue weighted by atomic mass is 79.9. The zero-order valence-corrected chi connectivity index (χ0v) is 21.3. The van der Waals surface area contributed by atoms with Crippen LogP contribution in [0.5, 0.6) is 0 Å². The van der Waals surface area contributed by atoms with Gasteiger partial charge in [0, 0.05) is 38.3 Å². The van der Waals surface area contributed by atoms with Crippen molar-refractivity contribution in [1.82, 2.24) is 10.3 Å². The minimum Gasteiger partial charge on any atom is -0.436 e. The number of nitrogens with zero attached hydrogens (tertiary/aromatic N) is 2. The van der Waals surface area contributed by atoms with Gasteiger partial charge >= 0.3 is 0 Å². The Labute approximate surface area is 222 Å². The second kappa shape index (κ2) is 9.65. The molecule has 8 nitrogen and oxygen atoms in total. The average Bonchev–Trinajstić information content (AvgIpc) is 3.27. The number of benzene rings is 4. The number of non-ortho nitro benzene ring substituents is 1. The molecule has 5 aromatic rings. The Hall–Kier alpha value is -3.86. The molecule has 0 aliphatic carbocycles. The molecule has 0 fully saturated rings. The van der Waals surface area contributed by atoms with Crippen LogP contribution in [0.2, 0.25) is 5.02 Å². The number of hydrogen-bond donors (Lipinski definition) is 2. The van der Waals surface area contributed by atoms with E-state index in [2.05, 4.69) is 31.5 Å². The van der Waals surface area contributed by atoms with Crippen molar-refractivity contribution in [3.8, 4) is 11.5 Å². The summed E-state index contributed by atoms with van der Waals surface area (Å²) in [4.78, 5) is 27.7. The number of fused-ring (bicyclic) bond motifs is 2. The van der Waals surface area contributed by atoms with Gasteiger partial charge in [-0.3, -0.25) is 20.2 Å². The van der Waals surface area contributed by atoms with Crippen LogP contribution in [-0.2, 0) is 0 Å². The van der Waals surface area contributed by atoms with Crippen LogP contribution in [0, 0.1) is 10.1 Å². The van der Waals surface area contributed by atoms with Gasteiger partial charge in [0.2, 0.25) is 5.89 Å². The van der Waals surface area contributed by atoms with Gasteiger partial charge in [0.05, 0.1) is 10.5 Å². The Balaban J connectivity index is 1.37. The Bertz CT molecular complexity index is 1700. The first kappa shape index (κ1) is 23.9. The van der Waals surface area contributed by atoms with Crippen molar-refractivity contribution >= 4 is 84.0 Å². The summed E-state index contributed by atoms with van der Waals surface area (Å²) in [6, 6.07) is 20.5. The van der Waals surface area contributed by atoms with Gasteiger partial charge in [0.1, 0.15) is 5.52 Å².